The van der Waals surface area contributed by atoms with E-state index in [1.54, 1.807) is 0 Å². The molecule has 0 bridgehead atoms. The average Bonchev–Trinajstić information content (AvgIpc) is 3.53. The Morgan fingerprint density at radius 3 is 2.38 bits per heavy atom. The number of hydrogen-bond acceptors (Lipinski definition) is 7. The Morgan fingerprint density at radius 1 is 1.07 bits per heavy atom. The molecule has 40 heavy (non-hydrogen) atoms. The van der Waals surface area contributed by atoms with Crippen molar-refractivity contribution in [1.29, 1.82) is 0 Å². The summed E-state index contributed by atoms with van der Waals surface area (Å²) >= 11 is 0. The van der Waals surface area contributed by atoms with Gasteiger partial charge in [0.1, 0.15) is 23.7 Å². The molecule has 4 aliphatic rings. The van der Waals surface area contributed by atoms with Crippen LogP contribution in [0.4, 0.5) is 0 Å². The quantitative estimate of drug-likeness (QED) is 0.115. The highest BCUT2D eigenvalue weighted by Gasteiger charge is 2.61. The molecule has 3 fully saturated rings. The van der Waals surface area contributed by atoms with Crippen LogP contribution in [0, 0.1) is 5.92 Å². The number of allylic oxidation sites excluding steroid dienone is 2. The van der Waals surface area contributed by atoms with Gasteiger partial charge in [0.05, 0.1) is 32.0 Å². The SMILES string of the molecule is C=C1C(=O)OC2C1CCC(C)=CCCC1(C)OC21.CCCCOc1ccc(OCCCN2CCOCC2)cc1.Cl. The molecule has 1 aliphatic carbocycles. The zero-order valence-electron chi connectivity index (χ0n) is 24.5. The summed E-state index contributed by atoms with van der Waals surface area (Å²) in [6, 6.07) is 7.92. The third kappa shape index (κ3) is 9.23. The fourth-order valence-electron chi connectivity index (χ4n) is 5.47. The lowest BCUT2D eigenvalue weighted by atomic mass is 9.84. The first kappa shape index (κ1) is 32.5. The van der Waals surface area contributed by atoms with Crippen LogP contribution in [0.1, 0.15) is 65.7 Å². The van der Waals surface area contributed by atoms with E-state index in [0.717, 1.165) is 103 Å². The molecule has 7 nitrogen and oxygen atoms in total. The number of halogens is 1. The van der Waals surface area contributed by atoms with Crippen molar-refractivity contribution in [2.45, 2.75) is 83.5 Å². The number of rotatable bonds is 9. The Morgan fingerprint density at radius 2 is 1.73 bits per heavy atom. The Balaban J connectivity index is 0.000000217. The van der Waals surface area contributed by atoms with Gasteiger partial charge in [-0.1, -0.05) is 31.6 Å². The number of ether oxygens (including phenoxy) is 5. The van der Waals surface area contributed by atoms with Crippen molar-refractivity contribution in [3.05, 3.63) is 48.1 Å². The molecule has 1 aromatic carbocycles. The minimum absolute atomic E-state index is 0. The standard InChI is InChI=1S/C17H27NO3.C15H20O3.ClH/c1-2-3-12-20-16-5-7-17(8-6-16)21-13-4-9-18-10-14-19-15-11-18;1-9-5-4-8-15(3)13(18-15)12-11(7-6-9)10(2)14(16)17-12;/h5-8H,2-4,9-15H2,1H3;5,11-13H,2,4,6-8H2,1,3H3;1H. The second-order valence-corrected chi connectivity index (χ2v) is 11.3. The summed E-state index contributed by atoms with van der Waals surface area (Å²) in [5.74, 6) is 1.73. The molecular formula is C32H48ClNO6. The number of fused-ring (bicyclic) bond motifs is 3. The Bertz CT molecular complexity index is 976. The van der Waals surface area contributed by atoms with Gasteiger partial charge in [-0.05, 0) is 76.6 Å². The highest BCUT2D eigenvalue weighted by atomic mass is 35.5. The lowest BCUT2D eigenvalue weighted by molar-refractivity contribution is -0.140. The van der Waals surface area contributed by atoms with E-state index < -0.39 is 0 Å². The van der Waals surface area contributed by atoms with E-state index in [1.165, 1.54) is 5.57 Å². The van der Waals surface area contributed by atoms with Crippen LogP contribution in [-0.2, 0) is 19.0 Å². The van der Waals surface area contributed by atoms with E-state index in [9.17, 15) is 4.79 Å². The summed E-state index contributed by atoms with van der Waals surface area (Å²) in [6.07, 6.45) is 9.56. The summed E-state index contributed by atoms with van der Waals surface area (Å²) in [5.41, 5.74) is 1.91. The Hall–Kier alpha value is -2.06. The van der Waals surface area contributed by atoms with Crippen LogP contribution in [0.3, 0.4) is 0 Å². The number of epoxide rings is 1. The maximum atomic E-state index is 11.7. The van der Waals surface area contributed by atoms with Gasteiger partial charge < -0.3 is 23.7 Å². The molecular weight excluding hydrogens is 530 g/mol. The molecule has 0 N–H and O–H groups in total. The fraction of sp³-hybridized carbons (Fsp3) is 0.656. The van der Waals surface area contributed by atoms with Crippen molar-refractivity contribution in [3.63, 3.8) is 0 Å². The second kappa shape index (κ2) is 15.8. The van der Waals surface area contributed by atoms with E-state index in [4.69, 9.17) is 23.7 Å². The number of esters is 1. The summed E-state index contributed by atoms with van der Waals surface area (Å²) in [7, 11) is 0. The van der Waals surface area contributed by atoms with E-state index in [0.29, 0.717) is 5.57 Å². The topological polar surface area (TPSA) is 69.8 Å². The van der Waals surface area contributed by atoms with Crippen LogP contribution >= 0.6 is 12.4 Å². The fourth-order valence-corrected chi connectivity index (χ4v) is 5.47. The largest absolute Gasteiger partial charge is 0.494 e. The van der Waals surface area contributed by atoms with Gasteiger partial charge in [0, 0.05) is 31.1 Å². The van der Waals surface area contributed by atoms with Gasteiger partial charge in [0.25, 0.3) is 0 Å². The van der Waals surface area contributed by atoms with Crippen molar-refractivity contribution in [2.24, 2.45) is 5.92 Å². The van der Waals surface area contributed by atoms with Crippen LogP contribution in [-0.4, -0.2) is 74.7 Å². The van der Waals surface area contributed by atoms with E-state index in [1.807, 2.05) is 24.3 Å². The molecule has 224 valence electrons. The molecule has 4 atom stereocenters. The molecule has 3 heterocycles. The molecule has 0 saturated carbocycles. The van der Waals surface area contributed by atoms with Gasteiger partial charge in [-0.25, -0.2) is 4.79 Å². The zero-order valence-corrected chi connectivity index (χ0v) is 25.3. The molecule has 0 spiro atoms. The number of benzene rings is 1. The van der Waals surface area contributed by atoms with Gasteiger partial charge >= 0.3 is 5.97 Å². The highest BCUT2D eigenvalue weighted by Crippen LogP contribution is 2.49. The van der Waals surface area contributed by atoms with Gasteiger partial charge in [-0.15, -0.1) is 12.4 Å². The minimum atomic E-state index is -0.233. The average molecular weight is 578 g/mol. The Labute approximate surface area is 246 Å². The van der Waals surface area contributed by atoms with E-state index in [2.05, 4.69) is 38.3 Å². The number of carbonyl (C=O) groups is 1. The smallest absolute Gasteiger partial charge is 0.334 e. The van der Waals surface area contributed by atoms with Crippen molar-refractivity contribution in [3.8, 4) is 11.5 Å². The number of nitrogens with zero attached hydrogens (tertiary/aromatic N) is 1. The first-order valence-corrected chi connectivity index (χ1v) is 14.8. The van der Waals surface area contributed by atoms with Crippen molar-refractivity contribution >= 4 is 18.4 Å². The van der Waals surface area contributed by atoms with Crippen LogP contribution in [0.2, 0.25) is 0 Å². The lowest BCUT2D eigenvalue weighted by Gasteiger charge is -2.26. The van der Waals surface area contributed by atoms with Gasteiger partial charge in [0.15, 0.2) is 0 Å². The molecule has 4 unspecified atom stereocenters. The highest BCUT2D eigenvalue weighted by molar-refractivity contribution is 5.91. The predicted molar refractivity (Wildman–Crippen MR) is 159 cm³/mol. The number of unbranched alkanes of at least 4 members (excludes halogenated alkanes) is 1. The third-order valence-corrected chi connectivity index (χ3v) is 8.15. The maximum absolute atomic E-state index is 11.7. The summed E-state index contributed by atoms with van der Waals surface area (Å²) < 4.78 is 28.0. The molecule has 8 heteroatoms. The predicted octanol–water partition coefficient (Wildman–Crippen LogP) is 6.15. The first-order valence-electron chi connectivity index (χ1n) is 14.8. The second-order valence-electron chi connectivity index (χ2n) is 11.3. The summed E-state index contributed by atoms with van der Waals surface area (Å²) in [5, 5.41) is 0. The lowest BCUT2D eigenvalue weighted by Crippen LogP contribution is -2.37. The molecule has 3 saturated heterocycles. The third-order valence-electron chi connectivity index (χ3n) is 8.15. The number of morpholine rings is 1. The maximum Gasteiger partial charge on any atom is 0.334 e. The molecule has 0 aromatic heterocycles. The summed E-state index contributed by atoms with van der Waals surface area (Å²) in [4.78, 5) is 14.1. The zero-order chi connectivity index (χ0) is 27.7. The van der Waals surface area contributed by atoms with Gasteiger partial charge in [0.2, 0.25) is 0 Å². The van der Waals surface area contributed by atoms with Gasteiger partial charge in [-0.3, -0.25) is 4.90 Å². The van der Waals surface area contributed by atoms with Crippen LogP contribution in [0.5, 0.6) is 11.5 Å². The normalized spacial score (nSPS) is 28.0. The van der Waals surface area contributed by atoms with Crippen LogP contribution in [0.25, 0.3) is 0 Å². The summed E-state index contributed by atoms with van der Waals surface area (Å²) in [6.45, 7) is 16.8. The molecule has 0 amide bonds. The van der Waals surface area contributed by atoms with Gasteiger partial charge in [-0.2, -0.15) is 0 Å². The number of carbonyl (C=O) groups excluding carboxylic acids is 1. The Kier molecular flexibility index (Phi) is 12.8. The van der Waals surface area contributed by atoms with Crippen LogP contribution in [0.15, 0.2) is 48.1 Å². The minimum Gasteiger partial charge on any atom is -0.494 e. The molecule has 5 rings (SSSR count). The van der Waals surface area contributed by atoms with E-state index >= 15 is 0 Å². The van der Waals surface area contributed by atoms with Crippen molar-refractivity contribution in [1.82, 2.24) is 4.90 Å². The van der Waals surface area contributed by atoms with Crippen molar-refractivity contribution < 1.29 is 28.5 Å². The number of hydrogen-bond donors (Lipinski definition) is 0. The van der Waals surface area contributed by atoms with E-state index in [-0.39, 0.29) is 42.1 Å². The molecule has 0 radical (unpaired) electrons. The molecule has 1 aromatic rings. The van der Waals surface area contributed by atoms with Crippen molar-refractivity contribution in [2.75, 3.05) is 46.1 Å². The molecule has 3 aliphatic heterocycles. The monoisotopic (exact) mass is 577 g/mol. The first-order chi connectivity index (χ1) is 18.9. The van der Waals surface area contributed by atoms with Crippen LogP contribution < -0.4 is 9.47 Å².